The Morgan fingerprint density at radius 1 is 1.17 bits per heavy atom. The monoisotopic (exact) mass is 339 g/mol. The molecule has 5 heteroatoms. The molecule has 0 saturated carbocycles. The summed E-state index contributed by atoms with van der Waals surface area (Å²) in [6.45, 7) is 4.66. The summed E-state index contributed by atoms with van der Waals surface area (Å²) in [5, 5.41) is 4.15. The molecule has 1 saturated heterocycles. The smallest absolute Gasteiger partial charge is 0.250 e. The first kappa shape index (κ1) is 15.4. The maximum absolute atomic E-state index is 12.1. The van der Waals surface area contributed by atoms with Crippen molar-refractivity contribution in [1.82, 2.24) is 9.47 Å². The van der Waals surface area contributed by atoms with E-state index >= 15 is 0 Å². The average molecular weight is 339 g/mol. The number of aryl methyl sites for hydroxylation is 1. The molecule has 1 fully saturated rings. The van der Waals surface area contributed by atoms with E-state index in [0.29, 0.717) is 11.8 Å². The number of fused-ring (bicyclic) bond motifs is 4. The Kier molecular flexibility index (Phi) is 3.88. The molecule has 0 aliphatic carbocycles. The van der Waals surface area contributed by atoms with Gasteiger partial charge in [-0.25, -0.2) is 0 Å². The van der Waals surface area contributed by atoms with E-state index in [1.54, 1.807) is 6.07 Å². The first-order chi connectivity index (χ1) is 11.6. The van der Waals surface area contributed by atoms with Gasteiger partial charge in [0.2, 0.25) is 0 Å². The van der Waals surface area contributed by atoms with Crippen LogP contribution in [0.1, 0.15) is 23.6 Å². The molecule has 0 unspecified atom stereocenters. The number of aromatic nitrogens is 1. The Morgan fingerprint density at radius 3 is 2.83 bits per heavy atom. The molecule has 4 nitrogen and oxygen atoms in total. The lowest BCUT2D eigenvalue weighted by molar-refractivity contribution is 0.180. The molecular formula is C19H21N3OS. The summed E-state index contributed by atoms with van der Waals surface area (Å²) in [5.74, 6) is 0.859. The minimum Gasteiger partial charge on any atom is -0.348 e. The predicted octanol–water partition coefficient (Wildman–Crippen LogP) is 2.97. The second-order valence-corrected chi connectivity index (χ2v) is 7.29. The second kappa shape index (κ2) is 6.06. The van der Waals surface area contributed by atoms with Gasteiger partial charge in [-0.3, -0.25) is 4.79 Å². The van der Waals surface area contributed by atoms with E-state index in [9.17, 15) is 4.79 Å². The lowest BCUT2D eigenvalue weighted by Crippen LogP contribution is -2.50. The van der Waals surface area contributed by atoms with Crippen LogP contribution in [0.5, 0.6) is 0 Å². The van der Waals surface area contributed by atoms with Crippen LogP contribution in [0.3, 0.4) is 0 Å². The normalized spacial score (nSPS) is 22.0. The summed E-state index contributed by atoms with van der Waals surface area (Å²) in [6, 6.07) is 13.9. The van der Waals surface area contributed by atoms with Crippen LogP contribution in [0.2, 0.25) is 0 Å². The van der Waals surface area contributed by atoms with Crippen molar-refractivity contribution in [3.05, 3.63) is 64.1 Å². The van der Waals surface area contributed by atoms with Crippen LogP contribution in [0.4, 0.5) is 5.69 Å². The molecule has 124 valence electrons. The number of benzene rings is 1. The molecule has 0 spiro atoms. The predicted molar refractivity (Wildman–Crippen MR) is 101 cm³/mol. The third kappa shape index (κ3) is 2.84. The number of anilines is 1. The summed E-state index contributed by atoms with van der Waals surface area (Å²) in [4.78, 5) is 14.4. The Morgan fingerprint density at radius 2 is 2.00 bits per heavy atom. The minimum absolute atomic E-state index is 0.121. The van der Waals surface area contributed by atoms with Crippen LogP contribution in [-0.2, 0) is 6.54 Å². The van der Waals surface area contributed by atoms with Gasteiger partial charge in [-0.2, -0.15) is 0 Å². The summed E-state index contributed by atoms with van der Waals surface area (Å²) < 4.78 is 1.95. The standard InChI is InChI=1S/C19H21N3OS/c1-13-4-2-5-16(8-13)20-19(24)21-10-14-9-15(12-21)17-6-3-7-18(23)22(17)11-14/h2-8,14-15H,9-12H2,1H3,(H,20,24)/t14-,15+/m0/s1. The summed E-state index contributed by atoms with van der Waals surface area (Å²) in [6.07, 6.45) is 1.15. The van der Waals surface area contributed by atoms with Gasteiger partial charge in [-0.05, 0) is 55.2 Å². The van der Waals surface area contributed by atoms with Crippen molar-refractivity contribution in [3.8, 4) is 0 Å². The van der Waals surface area contributed by atoms with Crippen molar-refractivity contribution in [2.24, 2.45) is 5.92 Å². The first-order valence-corrected chi connectivity index (χ1v) is 8.83. The molecule has 2 aromatic rings. The van der Waals surface area contributed by atoms with Crippen LogP contribution in [0, 0.1) is 12.8 Å². The summed E-state index contributed by atoms with van der Waals surface area (Å²) in [5.41, 5.74) is 3.52. The number of likely N-dealkylation sites (tertiary alicyclic amines) is 1. The Bertz CT molecular complexity index is 845. The van der Waals surface area contributed by atoms with Crippen LogP contribution in [0.15, 0.2) is 47.3 Å². The Hall–Kier alpha value is -2.14. The molecule has 1 aromatic carbocycles. The fourth-order valence-corrected chi connectivity index (χ4v) is 4.25. The molecule has 3 heterocycles. The van der Waals surface area contributed by atoms with Crippen molar-refractivity contribution < 1.29 is 0 Å². The van der Waals surface area contributed by atoms with Crippen LogP contribution in [-0.4, -0.2) is 27.7 Å². The number of nitrogens with one attached hydrogen (secondary N) is 1. The van der Waals surface area contributed by atoms with Crippen LogP contribution < -0.4 is 10.9 Å². The van der Waals surface area contributed by atoms with Gasteiger partial charge in [-0.1, -0.05) is 18.2 Å². The summed E-state index contributed by atoms with van der Waals surface area (Å²) in [7, 11) is 0. The van der Waals surface area contributed by atoms with Crippen LogP contribution >= 0.6 is 12.2 Å². The number of hydrogen-bond donors (Lipinski definition) is 1. The van der Waals surface area contributed by atoms with Crippen LogP contribution in [0.25, 0.3) is 0 Å². The van der Waals surface area contributed by atoms with Gasteiger partial charge in [0.05, 0.1) is 0 Å². The molecule has 0 radical (unpaired) electrons. The minimum atomic E-state index is 0.121. The average Bonchev–Trinajstić information content (AvgIpc) is 2.56. The zero-order valence-electron chi connectivity index (χ0n) is 13.7. The lowest BCUT2D eigenvalue weighted by atomic mass is 9.83. The van der Waals surface area contributed by atoms with Gasteiger partial charge in [0.25, 0.3) is 5.56 Å². The van der Waals surface area contributed by atoms with Crippen molar-refractivity contribution in [1.29, 1.82) is 0 Å². The van der Waals surface area contributed by atoms with Gasteiger partial charge in [0.1, 0.15) is 0 Å². The van der Waals surface area contributed by atoms with Gasteiger partial charge in [0.15, 0.2) is 5.11 Å². The fraction of sp³-hybridized carbons (Fsp3) is 0.368. The number of thiocarbonyl (C=S) groups is 1. The van der Waals surface area contributed by atoms with Crippen molar-refractivity contribution >= 4 is 23.0 Å². The largest absolute Gasteiger partial charge is 0.348 e. The van der Waals surface area contributed by atoms with Gasteiger partial charge < -0.3 is 14.8 Å². The lowest BCUT2D eigenvalue weighted by Gasteiger charge is -2.43. The molecule has 0 amide bonds. The number of nitrogens with zero attached hydrogens (tertiary/aromatic N) is 2. The molecule has 4 rings (SSSR count). The third-order valence-electron chi connectivity index (χ3n) is 5.04. The maximum atomic E-state index is 12.1. The fourth-order valence-electron chi connectivity index (χ4n) is 3.99. The Balaban J connectivity index is 1.53. The highest BCUT2D eigenvalue weighted by Gasteiger charge is 2.35. The van der Waals surface area contributed by atoms with E-state index in [2.05, 4.69) is 35.3 Å². The number of piperidine rings is 1. The highest BCUT2D eigenvalue weighted by Crippen LogP contribution is 2.35. The highest BCUT2D eigenvalue weighted by atomic mass is 32.1. The number of pyridine rings is 1. The van der Waals surface area contributed by atoms with Crippen molar-refractivity contribution in [2.75, 3.05) is 18.4 Å². The highest BCUT2D eigenvalue weighted by molar-refractivity contribution is 7.80. The topological polar surface area (TPSA) is 37.3 Å². The van der Waals surface area contributed by atoms with E-state index in [4.69, 9.17) is 12.2 Å². The SMILES string of the molecule is Cc1cccc(NC(=S)N2C[C@@H]3C[C@H](C2)c2cccc(=O)n2C3)c1. The molecule has 2 bridgehead atoms. The van der Waals surface area contributed by atoms with Gasteiger partial charge >= 0.3 is 0 Å². The maximum Gasteiger partial charge on any atom is 0.250 e. The second-order valence-electron chi connectivity index (χ2n) is 6.90. The van der Waals surface area contributed by atoms with E-state index in [0.717, 1.165) is 42.5 Å². The van der Waals surface area contributed by atoms with Crippen molar-refractivity contribution in [3.63, 3.8) is 0 Å². The van der Waals surface area contributed by atoms with E-state index < -0.39 is 0 Å². The van der Waals surface area contributed by atoms with E-state index in [1.807, 2.05) is 22.8 Å². The molecule has 2 atom stereocenters. The molecule has 24 heavy (non-hydrogen) atoms. The zero-order valence-corrected chi connectivity index (χ0v) is 14.6. The van der Waals surface area contributed by atoms with Gasteiger partial charge in [0, 0.05) is 43.0 Å². The van der Waals surface area contributed by atoms with E-state index in [-0.39, 0.29) is 5.56 Å². The molecule has 1 N–H and O–H groups in total. The zero-order chi connectivity index (χ0) is 16.7. The number of rotatable bonds is 1. The van der Waals surface area contributed by atoms with E-state index in [1.165, 1.54) is 5.56 Å². The number of hydrogen-bond acceptors (Lipinski definition) is 2. The molecular weight excluding hydrogens is 318 g/mol. The van der Waals surface area contributed by atoms with Gasteiger partial charge in [-0.15, -0.1) is 0 Å². The first-order valence-electron chi connectivity index (χ1n) is 8.42. The van der Waals surface area contributed by atoms with Crippen molar-refractivity contribution in [2.45, 2.75) is 25.8 Å². The molecule has 1 aromatic heterocycles. The Labute approximate surface area is 147 Å². The molecule has 2 aliphatic heterocycles. The quantitative estimate of drug-likeness (QED) is 0.811. The molecule has 2 aliphatic rings. The third-order valence-corrected chi connectivity index (χ3v) is 5.40. The summed E-state index contributed by atoms with van der Waals surface area (Å²) >= 11 is 5.65.